The maximum atomic E-state index is 12.3. The zero-order valence-corrected chi connectivity index (χ0v) is 15.8. The number of carbonyl (C=O) groups excluding carboxylic acids is 4. The van der Waals surface area contributed by atoms with Crippen LogP contribution in [0.2, 0.25) is 0 Å². The molecule has 1 saturated heterocycles. The van der Waals surface area contributed by atoms with Gasteiger partial charge in [0, 0.05) is 18.5 Å². The minimum Gasteiger partial charge on any atom is -0.451 e. The predicted molar refractivity (Wildman–Crippen MR) is 102 cm³/mol. The van der Waals surface area contributed by atoms with E-state index < -0.39 is 11.8 Å². The second-order valence-corrected chi connectivity index (χ2v) is 6.82. The molecular weight excluding hydrogens is 386 g/mol. The molecule has 9 heteroatoms. The van der Waals surface area contributed by atoms with Crippen molar-refractivity contribution in [3.05, 3.63) is 36.1 Å². The molecule has 3 amide bonds. The van der Waals surface area contributed by atoms with E-state index in [2.05, 4.69) is 10.6 Å². The number of nitrogens with zero attached hydrogens (tertiary/aromatic N) is 1. The van der Waals surface area contributed by atoms with E-state index in [-0.39, 0.29) is 48.9 Å². The van der Waals surface area contributed by atoms with Gasteiger partial charge in [0.2, 0.25) is 11.8 Å². The van der Waals surface area contributed by atoms with Crippen molar-refractivity contribution in [3.8, 4) is 0 Å². The van der Waals surface area contributed by atoms with Gasteiger partial charge < -0.3 is 20.0 Å². The Morgan fingerprint density at radius 3 is 2.75 bits per heavy atom. The number of carbonyl (C=O) groups is 4. The first-order valence-corrected chi connectivity index (χ1v) is 9.41. The number of rotatable bonds is 8. The van der Waals surface area contributed by atoms with Gasteiger partial charge in [-0.3, -0.25) is 19.2 Å². The van der Waals surface area contributed by atoms with Crippen LogP contribution in [0.1, 0.15) is 17.0 Å². The van der Waals surface area contributed by atoms with Crippen molar-refractivity contribution in [2.45, 2.75) is 6.42 Å². The number of hydrogen-bond donors (Lipinski definition) is 2. The predicted octanol–water partition coefficient (Wildman–Crippen LogP) is 0.935. The first kappa shape index (κ1) is 19.9. The highest BCUT2D eigenvalue weighted by Crippen LogP contribution is 2.18. The van der Waals surface area contributed by atoms with Crippen LogP contribution >= 0.6 is 11.6 Å². The zero-order chi connectivity index (χ0) is 20.1. The Morgan fingerprint density at radius 2 is 2.07 bits per heavy atom. The van der Waals surface area contributed by atoms with E-state index in [1.165, 1.54) is 4.90 Å². The van der Waals surface area contributed by atoms with Crippen LogP contribution in [0.15, 0.2) is 34.7 Å². The van der Waals surface area contributed by atoms with Gasteiger partial charge in [0.05, 0.1) is 19.0 Å². The van der Waals surface area contributed by atoms with Crippen LogP contribution in [0.25, 0.3) is 11.0 Å². The van der Waals surface area contributed by atoms with Crippen LogP contribution in [0.3, 0.4) is 0 Å². The molecule has 0 spiro atoms. The number of Topliss-reactive ketones (excluding diaryl/α,β-unsaturated/α-hetero) is 1. The lowest BCUT2D eigenvalue weighted by atomic mass is 10.1. The second kappa shape index (κ2) is 8.88. The number of para-hydroxylation sites is 1. The van der Waals surface area contributed by atoms with E-state index in [0.717, 1.165) is 5.39 Å². The van der Waals surface area contributed by atoms with Gasteiger partial charge in [0.1, 0.15) is 11.5 Å². The van der Waals surface area contributed by atoms with Crippen LogP contribution < -0.4 is 10.6 Å². The Morgan fingerprint density at radius 1 is 1.29 bits per heavy atom. The summed E-state index contributed by atoms with van der Waals surface area (Å²) in [6.45, 7) is 0.184. The molecule has 2 N–H and O–H groups in total. The summed E-state index contributed by atoms with van der Waals surface area (Å²) >= 11 is 5.61. The number of ketones is 1. The minimum atomic E-state index is -0.519. The van der Waals surface area contributed by atoms with E-state index in [1.54, 1.807) is 18.2 Å². The number of hydrogen-bond acceptors (Lipinski definition) is 5. The van der Waals surface area contributed by atoms with Crippen molar-refractivity contribution < 1.29 is 23.6 Å². The quantitative estimate of drug-likeness (QED) is 0.635. The maximum Gasteiger partial charge on any atom is 0.287 e. The lowest BCUT2D eigenvalue weighted by Crippen LogP contribution is -2.44. The van der Waals surface area contributed by atoms with Crippen LogP contribution in [-0.2, 0) is 14.4 Å². The first-order chi connectivity index (χ1) is 13.5. The molecule has 0 aliphatic carbocycles. The molecule has 0 saturated carbocycles. The van der Waals surface area contributed by atoms with E-state index in [9.17, 15) is 19.2 Å². The van der Waals surface area contributed by atoms with Crippen molar-refractivity contribution in [2.24, 2.45) is 5.92 Å². The van der Waals surface area contributed by atoms with Gasteiger partial charge in [-0.2, -0.15) is 0 Å². The highest BCUT2D eigenvalue weighted by Gasteiger charge is 2.29. The molecule has 3 rings (SSSR count). The third kappa shape index (κ3) is 4.69. The highest BCUT2D eigenvalue weighted by molar-refractivity contribution is 6.27. The SMILES string of the molecule is O=C(CNC(=O)c1cc2ccccc2o1)CN(C[C@@H]1CCNC1=O)C(=O)CCl. The van der Waals surface area contributed by atoms with Crippen LogP contribution in [-0.4, -0.2) is 60.5 Å². The van der Waals surface area contributed by atoms with Gasteiger partial charge in [0.25, 0.3) is 5.91 Å². The van der Waals surface area contributed by atoms with Gasteiger partial charge in [-0.25, -0.2) is 0 Å². The molecule has 1 aliphatic heterocycles. The van der Waals surface area contributed by atoms with Gasteiger partial charge in [-0.15, -0.1) is 11.6 Å². The Balaban J connectivity index is 1.55. The first-order valence-electron chi connectivity index (χ1n) is 8.88. The monoisotopic (exact) mass is 405 g/mol. The molecule has 0 unspecified atom stereocenters. The van der Waals surface area contributed by atoms with Gasteiger partial charge in [0.15, 0.2) is 11.5 Å². The second-order valence-electron chi connectivity index (χ2n) is 6.55. The Bertz CT molecular complexity index is 877. The van der Waals surface area contributed by atoms with E-state index >= 15 is 0 Å². The van der Waals surface area contributed by atoms with Crippen molar-refractivity contribution in [2.75, 3.05) is 32.1 Å². The summed E-state index contributed by atoms with van der Waals surface area (Å²) in [7, 11) is 0. The Kier molecular flexibility index (Phi) is 6.30. The number of amides is 3. The summed E-state index contributed by atoms with van der Waals surface area (Å²) in [6.07, 6.45) is 0.599. The number of benzene rings is 1. The van der Waals surface area contributed by atoms with Crippen LogP contribution in [0.4, 0.5) is 0 Å². The molecule has 148 valence electrons. The summed E-state index contributed by atoms with van der Waals surface area (Å²) in [6, 6.07) is 8.78. The molecule has 0 bridgehead atoms. The van der Waals surface area contributed by atoms with E-state index in [0.29, 0.717) is 18.5 Å². The molecule has 0 radical (unpaired) electrons. The Labute approximate surface area is 166 Å². The molecule has 28 heavy (non-hydrogen) atoms. The topological polar surface area (TPSA) is 109 Å². The van der Waals surface area contributed by atoms with Crippen molar-refractivity contribution in [1.29, 1.82) is 0 Å². The van der Waals surface area contributed by atoms with Gasteiger partial charge >= 0.3 is 0 Å². The summed E-state index contributed by atoms with van der Waals surface area (Å²) in [5.74, 6) is -2.00. The van der Waals surface area contributed by atoms with Gasteiger partial charge in [-0.05, 0) is 18.6 Å². The fourth-order valence-electron chi connectivity index (χ4n) is 3.05. The lowest BCUT2D eigenvalue weighted by Gasteiger charge is -2.23. The smallest absolute Gasteiger partial charge is 0.287 e. The molecule has 1 fully saturated rings. The Hall–Kier alpha value is -2.87. The number of alkyl halides is 1. The molecule has 8 nitrogen and oxygen atoms in total. The molecular formula is C19H20ClN3O5. The largest absolute Gasteiger partial charge is 0.451 e. The number of nitrogens with one attached hydrogen (secondary N) is 2. The molecule has 2 aromatic rings. The minimum absolute atomic E-state index is 0.102. The van der Waals surface area contributed by atoms with E-state index in [4.69, 9.17) is 16.0 Å². The molecule has 1 aromatic carbocycles. The standard InChI is InChI=1S/C19H20ClN3O5/c20-8-17(25)23(10-13-5-6-21-18(13)26)11-14(24)9-22-19(27)16-7-12-3-1-2-4-15(12)28-16/h1-4,7,13H,5-6,8-11H2,(H,21,26)(H,22,27)/t13-/m0/s1. The fraction of sp³-hybridized carbons (Fsp3) is 0.368. The maximum absolute atomic E-state index is 12.3. The summed E-state index contributed by atoms with van der Waals surface area (Å²) in [5, 5.41) is 5.97. The van der Waals surface area contributed by atoms with Crippen molar-refractivity contribution in [3.63, 3.8) is 0 Å². The molecule has 2 heterocycles. The van der Waals surface area contributed by atoms with Crippen molar-refractivity contribution >= 4 is 46.1 Å². The van der Waals surface area contributed by atoms with Crippen LogP contribution in [0, 0.1) is 5.92 Å². The molecule has 1 aliphatic rings. The van der Waals surface area contributed by atoms with Crippen LogP contribution in [0.5, 0.6) is 0 Å². The average Bonchev–Trinajstić information content (AvgIpc) is 3.31. The average molecular weight is 406 g/mol. The summed E-state index contributed by atoms with van der Waals surface area (Å²) in [5.41, 5.74) is 0.577. The normalized spacial score (nSPS) is 16.0. The fourth-order valence-corrected chi connectivity index (χ4v) is 3.22. The van der Waals surface area contributed by atoms with E-state index in [1.807, 2.05) is 12.1 Å². The summed E-state index contributed by atoms with van der Waals surface area (Å²) < 4.78 is 5.45. The summed E-state index contributed by atoms with van der Waals surface area (Å²) in [4.78, 5) is 49.4. The lowest BCUT2D eigenvalue weighted by molar-refractivity contribution is -0.134. The highest BCUT2D eigenvalue weighted by atomic mass is 35.5. The number of fused-ring (bicyclic) bond motifs is 1. The number of furan rings is 1. The zero-order valence-electron chi connectivity index (χ0n) is 15.1. The third-order valence-electron chi connectivity index (χ3n) is 4.53. The van der Waals surface area contributed by atoms with Crippen molar-refractivity contribution in [1.82, 2.24) is 15.5 Å². The van der Waals surface area contributed by atoms with Gasteiger partial charge in [-0.1, -0.05) is 18.2 Å². The number of halogens is 1. The molecule has 1 aromatic heterocycles. The molecule has 1 atom stereocenters. The third-order valence-corrected chi connectivity index (χ3v) is 4.76.